The van der Waals surface area contributed by atoms with Gasteiger partial charge in [-0.05, 0) is 24.6 Å². The molecule has 0 aliphatic heterocycles. The van der Waals surface area contributed by atoms with Crippen LogP contribution in [0.15, 0.2) is 0 Å². The Hall–Kier alpha value is 0.137. The number of hydrogen-bond acceptors (Lipinski definition) is 2. The fourth-order valence-electron chi connectivity index (χ4n) is 1.31. The standard InChI is InChI=1S/C14H32O2Si/c1-7-8-9-10-11-15-12-13-16-17(5,6)14(2,3)4/h7-13H2,1-6H3. The average Bonchev–Trinajstić information content (AvgIpc) is 2.20. The summed E-state index contributed by atoms with van der Waals surface area (Å²) >= 11 is 0. The van der Waals surface area contributed by atoms with Gasteiger partial charge in [0.25, 0.3) is 0 Å². The molecule has 0 fully saturated rings. The maximum absolute atomic E-state index is 6.04. The van der Waals surface area contributed by atoms with Crippen LogP contribution in [0.5, 0.6) is 0 Å². The quantitative estimate of drug-likeness (QED) is 0.445. The van der Waals surface area contributed by atoms with Gasteiger partial charge < -0.3 is 9.16 Å². The largest absolute Gasteiger partial charge is 0.414 e. The second-order valence-corrected chi connectivity index (χ2v) is 11.1. The van der Waals surface area contributed by atoms with Crippen LogP contribution in [-0.2, 0) is 9.16 Å². The molecule has 0 bridgehead atoms. The molecule has 0 spiro atoms. The highest BCUT2D eigenvalue weighted by Gasteiger charge is 2.36. The lowest BCUT2D eigenvalue weighted by atomic mass is 10.2. The first-order valence-corrected chi connectivity index (χ1v) is 9.94. The molecule has 0 radical (unpaired) electrons. The lowest BCUT2D eigenvalue weighted by Crippen LogP contribution is -2.41. The van der Waals surface area contributed by atoms with Crippen molar-refractivity contribution in [3.8, 4) is 0 Å². The lowest BCUT2D eigenvalue weighted by Gasteiger charge is -2.36. The minimum Gasteiger partial charge on any atom is -0.414 e. The van der Waals surface area contributed by atoms with E-state index < -0.39 is 8.32 Å². The molecule has 0 aromatic rings. The Kier molecular flexibility index (Phi) is 8.34. The molecule has 0 heterocycles. The number of ether oxygens (including phenoxy) is 1. The first-order valence-electron chi connectivity index (χ1n) is 7.03. The molecule has 3 heteroatoms. The van der Waals surface area contributed by atoms with E-state index >= 15 is 0 Å². The highest BCUT2D eigenvalue weighted by molar-refractivity contribution is 6.74. The van der Waals surface area contributed by atoms with Crippen molar-refractivity contribution < 1.29 is 9.16 Å². The predicted octanol–water partition coefficient (Wildman–Crippen LogP) is 4.61. The molecular weight excluding hydrogens is 228 g/mol. The van der Waals surface area contributed by atoms with Crippen molar-refractivity contribution in [3.63, 3.8) is 0 Å². The van der Waals surface area contributed by atoms with Crippen molar-refractivity contribution in [2.75, 3.05) is 19.8 Å². The number of unbranched alkanes of at least 4 members (excludes halogenated alkanes) is 3. The predicted molar refractivity (Wildman–Crippen MR) is 78.1 cm³/mol. The van der Waals surface area contributed by atoms with E-state index in [1.54, 1.807) is 0 Å². The summed E-state index contributed by atoms with van der Waals surface area (Å²) in [5.41, 5.74) is 0. The fourth-order valence-corrected chi connectivity index (χ4v) is 2.33. The van der Waals surface area contributed by atoms with Crippen LogP contribution >= 0.6 is 0 Å². The van der Waals surface area contributed by atoms with Crippen LogP contribution in [0.25, 0.3) is 0 Å². The maximum atomic E-state index is 6.04. The van der Waals surface area contributed by atoms with E-state index in [0.717, 1.165) is 19.8 Å². The zero-order valence-corrected chi connectivity index (χ0v) is 13.8. The molecule has 0 aliphatic rings. The van der Waals surface area contributed by atoms with Gasteiger partial charge in [-0.15, -0.1) is 0 Å². The van der Waals surface area contributed by atoms with Crippen LogP contribution in [-0.4, -0.2) is 28.1 Å². The summed E-state index contributed by atoms with van der Waals surface area (Å²) in [6, 6.07) is 0. The molecule has 0 saturated heterocycles. The third-order valence-electron chi connectivity index (χ3n) is 3.64. The smallest absolute Gasteiger partial charge is 0.192 e. The Balaban J connectivity index is 3.46. The van der Waals surface area contributed by atoms with Crippen LogP contribution in [0.2, 0.25) is 18.1 Å². The lowest BCUT2D eigenvalue weighted by molar-refractivity contribution is 0.0926. The summed E-state index contributed by atoms with van der Waals surface area (Å²) in [6.07, 6.45) is 5.09. The fraction of sp³-hybridized carbons (Fsp3) is 1.00. The van der Waals surface area contributed by atoms with Gasteiger partial charge in [0, 0.05) is 6.61 Å². The highest BCUT2D eigenvalue weighted by Crippen LogP contribution is 2.36. The molecule has 0 saturated carbocycles. The molecular formula is C14H32O2Si. The van der Waals surface area contributed by atoms with E-state index in [1.807, 2.05) is 0 Å². The topological polar surface area (TPSA) is 18.5 Å². The Bertz CT molecular complexity index is 185. The van der Waals surface area contributed by atoms with Gasteiger partial charge in [-0.2, -0.15) is 0 Å². The molecule has 0 amide bonds. The normalized spacial score (nSPS) is 13.1. The van der Waals surface area contributed by atoms with Gasteiger partial charge in [-0.25, -0.2) is 0 Å². The van der Waals surface area contributed by atoms with Crippen LogP contribution in [0.1, 0.15) is 53.4 Å². The van der Waals surface area contributed by atoms with Crippen LogP contribution in [0.3, 0.4) is 0 Å². The third kappa shape index (κ3) is 7.95. The van der Waals surface area contributed by atoms with Gasteiger partial charge in [0.2, 0.25) is 0 Å². The SMILES string of the molecule is CCCCCCOCCO[Si](C)(C)C(C)(C)C. The molecule has 0 aliphatic carbocycles. The van der Waals surface area contributed by atoms with Gasteiger partial charge >= 0.3 is 0 Å². The molecule has 0 aromatic heterocycles. The van der Waals surface area contributed by atoms with Crippen molar-refractivity contribution in [3.05, 3.63) is 0 Å². The molecule has 104 valence electrons. The minimum absolute atomic E-state index is 0.300. The van der Waals surface area contributed by atoms with Crippen molar-refractivity contribution in [2.24, 2.45) is 0 Å². The van der Waals surface area contributed by atoms with Gasteiger partial charge in [0.15, 0.2) is 8.32 Å². The number of rotatable bonds is 9. The minimum atomic E-state index is -1.57. The summed E-state index contributed by atoms with van der Waals surface area (Å²) in [5, 5.41) is 0.300. The Morgan fingerprint density at radius 1 is 0.882 bits per heavy atom. The Morgan fingerprint density at radius 2 is 1.53 bits per heavy atom. The molecule has 0 atom stereocenters. The Morgan fingerprint density at radius 3 is 2.06 bits per heavy atom. The molecule has 17 heavy (non-hydrogen) atoms. The second kappa shape index (κ2) is 8.28. The summed E-state index contributed by atoms with van der Waals surface area (Å²) in [4.78, 5) is 0. The van der Waals surface area contributed by atoms with Crippen LogP contribution in [0.4, 0.5) is 0 Å². The third-order valence-corrected chi connectivity index (χ3v) is 8.18. The average molecular weight is 260 g/mol. The summed E-state index contributed by atoms with van der Waals surface area (Å²) in [5.74, 6) is 0. The van der Waals surface area contributed by atoms with Crippen molar-refractivity contribution in [2.45, 2.75) is 71.5 Å². The first-order chi connectivity index (χ1) is 7.81. The first kappa shape index (κ1) is 17.1. The van der Waals surface area contributed by atoms with E-state index in [0.29, 0.717) is 5.04 Å². The van der Waals surface area contributed by atoms with Crippen molar-refractivity contribution in [1.82, 2.24) is 0 Å². The maximum Gasteiger partial charge on any atom is 0.192 e. The van der Waals surface area contributed by atoms with Crippen molar-refractivity contribution in [1.29, 1.82) is 0 Å². The zero-order valence-electron chi connectivity index (χ0n) is 12.8. The van der Waals surface area contributed by atoms with E-state index in [1.165, 1.54) is 25.7 Å². The second-order valence-electron chi connectivity index (χ2n) is 6.28. The molecule has 0 unspecified atom stereocenters. The van der Waals surface area contributed by atoms with Gasteiger partial charge in [0.05, 0.1) is 13.2 Å². The molecule has 2 nitrogen and oxygen atoms in total. The summed E-state index contributed by atoms with van der Waals surface area (Å²) < 4.78 is 11.6. The van der Waals surface area contributed by atoms with Crippen LogP contribution in [0, 0.1) is 0 Å². The van der Waals surface area contributed by atoms with E-state index in [2.05, 4.69) is 40.8 Å². The highest BCUT2D eigenvalue weighted by atomic mass is 28.4. The van der Waals surface area contributed by atoms with E-state index in [4.69, 9.17) is 9.16 Å². The van der Waals surface area contributed by atoms with Crippen LogP contribution < -0.4 is 0 Å². The van der Waals surface area contributed by atoms with E-state index in [9.17, 15) is 0 Å². The van der Waals surface area contributed by atoms with E-state index in [-0.39, 0.29) is 0 Å². The molecule has 0 N–H and O–H groups in total. The van der Waals surface area contributed by atoms with Gasteiger partial charge in [-0.1, -0.05) is 47.0 Å². The monoisotopic (exact) mass is 260 g/mol. The van der Waals surface area contributed by atoms with Gasteiger partial charge in [-0.3, -0.25) is 0 Å². The summed E-state index contributed by atoms with van der Waals surface area (Å²) in [6.45, 7) is 16.0. The number of hydrogen-bond donors (Lipinski definition) is 0. The Labute approximate surface area is 109 Å². The summed E-state index contributed by atoms with van der Waals surface area (Å²) in [7, 11) is -1.57. The molecule has 0 rings (SSSR count). The zero-order chi connectivity index (χ0) is 13.4. The van der Waals surface area contributed by atoms with Crippen molar-refractivity contribution >= 4 is 8.32 Å². The van der Waals surface area contributed by atoms with Gasteiger partial charge in [0.1, 0.15) is 0 Å². The molecule has 0 aromatic carbocycles.